The summed E-state index contributed by atoms with van der Waals surface area (Å²) in [5.74, 6) is -0.0218. The monoisotopic (exact) mass is 377 g/mol. The molecule has 0 N–H and O–H groups in total. The van der Waals surface area contributed by atoms with Crippen molar-refractivity contribution in [2.24, 2.45) is 5.92 Å². The lowest BCUT2D eigenvalue weighted by molar-refractivity contribution is 0.178. The summed E-state index contributed by atoms with van der Waals surface area (Å²) in [6.45, 7) is 4.91. The third-order valence-corrected chi connectivity index (χ3v) is 7.22. The van der Waals surface area contributed by atoms with Crippen molar-refractivity contribution < 1.29 is 8.42 Å². The van der Waals surface area contributed by atoms with Crippen LogP contribution in [-0.2, 0) is 10.0 Å². The van der Waals surface area contributed by atoms with E-state index in [0.717, 1.165) is 3.79 Å². The van der Waals surface area contributed by atoms with Crippen molar-refractivity contribution in [3.8, 4) is 6.07 Å². The Morgan fingerprint density at radius 2 is 2.05 bits per heavy atom. The SMILES string of the molecule is C[C@H](C#N)CN1CCN(S(=O)(=O)c2ccc(Br)s2)CC1. The summed E-state index contributed by atoms with van der Waals surface area (Å²) in [4.78, 5) is 2.14. The molecule has 1 aromatic rings. The molecular weight excluding hydrogens is 362 g/mol. The second kappa shape index (κ2) is 6.54. The predicted octanol–water partition coefficient (Wildman–Crippen LogP) is 1.98. The molecule has 1 atom stereocenters. The minimum Gasteiger partial charge on any atom is -0.299 e. The van der Waals surface area contributed by atoms with Crippen molar-refractivity contribution in [2.45, 2.75) is 11.1 Å². The van der Waals surface area contributed by atoms with E-state index in [9.17, 15) is 8.42 Å². The fourth-order valence-corrected chi connectivity index (χ4v) is 5.73. The molecule has 0 radical (unpaired) electrons. The van der Waals surface area contributed by atoms with Gasteiger partial charge in [-0.1, -0.05) is 0 Å². The van der Waals surface area contributed by atoms with Crippen LogP contribution in [0.25, 0.3) is 0 Å². The Labute approximate surface area is 132 Å². The van der Waals surface area contributed by atoms with Crippen molar-refractivity contribution in [1.82, 2.24) is 9.21 Å². The average molecular weight is 378 g/mol. The van der Waals surface area contributed by atoms with E-state index in [2.05, 4.69) is 26.9 Å². The highest BCUT2D eigenvalue weighted by Gasteiger charge is 2.29. The summed E-state index contributed by atoms with van der Waals surface area (Å²) in [7, 11) is -3.37. The average Bonchev–Trinajstić information content (AvgIpc) is 2.86. The van der Waals surface area contributed by atoms with E-state index in [-0.39, 0.29) is 5.92 Å². The zero-order chi connectivity index (χ0) is 14.8. The van der Waals surface area contributed by atoms with Crippen molar-refractivity contribution >= 4 is 37.3 Å². The number of halogens is 1. The number of nitriles is 1. The number of nitrogens with zero attached hydrogens (tertiary/aromatic N) is 3. The highest BCUT2D eigenvalue weighted by Crippen LogP contribution is 2.28. The van der Waals surface area contributed by atoms with Crippen molar-refractivity contribution in [3.05, 3.63) is 15.9 Å². The second-order valence-corrected chi connectivity index (χ2v) is 9.42. The summed E-state index contributed by atoms with van der Waals surface area (Å²) in [5, 5.41) is 8.81. The normalized spacial score (nSPS) is 19.6. The molecule has 5 nitrogen and oxygen atoms in total. The number of hydrogen-bond donors (Lipinski definition) is 0. The Morgan fingerprint density at radius 1 is 1.40 bits per heavy atom. The van der Waals surface area contributed by atoms with Crippen LogP contribution in [0.5, 0.6) is 0 Å². The summed E-state index contributed by atoms with van der Waals surface area (Å²) in [5.41, 5.74) is 0. The highest BCUT2D eigenvalue weighted by atomic mass is 79.9. The van der Waals surface area contributed by atoms with Gasteiger partial charge < -0.3 is 0 Å². The molecule has 1 saturated heterocycles. The van der Waals surface area contributed by atoms with Gasteiger partial charge in [0.2, 0.25) is 0 Å². The third kappa shape index (κ3) is 3.59. The molecule has 0 unspecified atom stereocenters. The number of piperazine rings is 1. The topological polar surface area (TPSA) is 64.4 Å². The lowest BCUT2D eigenvalue weighted by Crippen LogP contribution is -2.49. The predicted molar refractivity (Wildman–Crippen MR) is 82.0 cm³/mol. The van der Waals surface area contributed by atoms with Gasteiger partial charge in [0.15, 0.2) is 0 Å². The van der Waals surface area contributed by atoms with Gasteiger partial charge in [-0.05, 0) is 35.0 Å². The molecular formula is C12H16BrN3O2S2. The smallest absolute Gasteiger partial charge is 0.252 e. The molecule has 0 bridgehead atoms. The van der Waals surface area contributed by atoms with E-state index >= 15 is 0 Å². The van der Waals surface area contributed by atoms with Gasteiger partial charge in [-0.3, -0.25) is 4.90 Å². The van der Waals surface area contributed by atoms with Crippen LogP contribution in [0.2, 0.25) is 0 Å². The number of sulfonamides is 1. The summed E-state index contributed by atoms with van der Waals surface area (Å²) in [6, 6.07) is 5.59. The van der Waals surface area contributed by atoms with Gasteiger partial charge in [0.25, 0.3) is 10.0 Å². The standard InChI is InChI=1S/C12H16BrN3O2S2/c1-10(8-14)9-15-4-6-16(7-5-15)20(17,18)12-3-2-11(13)19-12/h2-3,10H,4-7,9H2,1H3/t10-/m1/s1. The maximum atomic E-state index is 12.4. The maximum absolute atomic E-state index is 12.4. The molecule has 8 heteroatoms. The Bertz CT molecular complexity index is 600. The van der Waals surface area contributed by atoms with Gasteiger partial charge in [-0.2, -0.15) is 9.57 Å². The Kier molecular flexibility index (Phi) is 5.20. The van der Waals surface area contributed by atoms with Gasteiger partial charge in [0, 0.05) is 32.7 Å². The fraction of sp³-hybridized carbons (Fsp3) is 0.583. The molecule has 2 heterocycles. The van der Waals surface area contributed by atoms with Crippen LogP contribution in [-0.4, -0.2) is 50.3 Å². The largest absolute Gasteiger partial charge is 0.299 e. The minimum absolute atomic E-state index is 0.0218. The summed E-state index contributed by atoms with van der Waals surface area (Å²) in [6.07, 6.45) is 0. The Morgan fingerprint density at radius 3 is 2.55 bits per heavy atom. The van der Waals surface area contributed by atoms with Gasteiger partial charge in [-0.15, -0.1) is 11.3 Å². The molecule has 20 heavy (non-hydrogen) atoms. The first-order chi connectivity index (χ1) is 9.43. The van der Waals surface area contributed by atoms with Gasteiger partial charge in [0.1, 0.15) is 4.21 Å². The highest BCUT2D eigenvalue weighted by molar-refractivity contribution is 9.11. The second-order valence-electron chi connectivity index (χ2n) is 4.79. The number of rotatable bonds is 4. The lowest BCUT2D eigenvalue weighted by Gasteiger charge is -2.34. The molecule has 0 aromatic carbocycles. The zero-order valence-corrected chi connectivity index (χ0v) is 14.3. The van der Waals surface area contributed by atoms with E-state index in [1.165, 1.54) is 15.6 Å². The fourth-order valence-electron chi connectivity index (χ4n) is 2.14. The Hall–Kier alpha value is -0.460. The molecule has 1 fully saturated rings. The Balaban J connectivity index is 1.99. The van der Waals surface area contributed by atoms with Gasteiger partial charge >= 0.3 is 0 Å². The summed E-state index contributed by atoms with van der Waals surface area (Å²) < 4.78 is 27.6. The van der Waals surface area contributed by atoms with E-state index in [4.69, 9.17) is 5.26 Å². The van der Waals surface area contributed by atoms with Crippen LogP contribution in [0.3, 0.4) is 0 Å². The molecule has 0 amide bonds. The van der Waals surface area contributed by atoms with E-state index in [1.807, 2.05) is 6.92 Å². The maximum Gasteiger partial charge on any atom is 0.252 e. The molecule has 0 spiro atoms. The quantitative estimate of drug-likeness (QED) is 0.804. The first-order valence-electron chi connectivity index (χ1n) is 6.31. The first-order valence-corrected chi connectivity index (χ1v) is 9.36. The molecule has 2 rings (SSSR count). The molecule has 0 saturated carbocycles. The van der Waals surface area contributed by atoms with Crippen LogP contribution < -0.4 is 0 Å². The number of thiophene rings is 1. The van der Waals surface area contributed by atoms with Crippen LogP contribution in [0.15, 0.2) is 20.1 Å². The molecule has 1 aromatic heterocycles. The van der Waals surface area contributed by atoms with Gasteiger partial charge in [-0.25, -0.2) is 8.42 Å². The first kappa shape index (κ1) is 15.9. The summed E-state index contributed by atoms with van der Waals surface area (Å²) >= 11 is 4.52. The van der Waals surface area contributed by atoms with Crippen molar-refractivity contribution in [3.63, 3.8) is 0 Å². The molecule has 1 aliphatic rings. The van der Waals surface area contributed by atoms with Crippen molar-refractivity contribution in [2.75, 3.05) is 32.7 Å². The molecule has 0 aliphatic carbocycles. The lowest BCUT2D eigenvalue weighted by atomic mass is 10.2. The minimum atomic E-state index is -3.37. The van der Waals surface area contributed by atoms with Crippen LogP contribution in [0.4, 0.5) is 0 Å². The van der Waals surface area contributed by atoms with Crippen LogP contribution in [0, 0.1) is 17.2 Å². The molecule has 110 valence electrons. The van der Waals surface area contributed by atoms with E-state index in [1.54, 1.807) is 12.1 Å². The third-order valence-electron chi connectivity index (χ3n) is 3.23. The zero-order valence-electron chi connectivity index (χ0n) is 11.1. The molecule has 1 aliphatic heterocycles. The van der Waals surface area contributed by atoms with E-state index in [0.29, 0.717) is 36.9 Å². The van der Waals surface area contributed by atoms with Crippen LogP contribution >= 0.6 is 27.3 Å². The van der Waals surface area contributed by atoms with Crippen molar-refractivity contribution in [1.29, 1.82) is 5.26 Å². The van der Waals surface area contributed by atoms with E-state index < -0.39 is 10.0 Å². The van der Waals surface area contributed by atoms with Gasteiger partial charge in [0.05, 0.1) is 15.8 Å². The number of hydrogen-bond acceptors (Lipinski definition) is 5. The van der Waals surface area contributed by atoms with Crippen LogP contribution in [0.1, 0.15) is 6.92 Å².